The highest BCUT2D eigenvalue weighted by atomic mass is 16.4. The Morgan fingerprint density at radius 2 is 2.19 bits per heavy atom. The third-order valence-corrected chi connectivity index (χ3v) is 3.55. The van der Waals surface area contributed by atoms with Crippen molar-refractivity contribution in [3.05, 3.63) is 35.4 Å². The Kier molecular flexibility index (Phi) is 4.83. The van der Waals surface area contributed by atoms with Gasteiger partial charge in [0.25, 0.3) is 0 Å². The molecular weight excluding hydrogens is 268 g/mol. The zero-order chi connectivity index (χ0) is 15.2. The lowest BCUT2D eigenvalue weighted by atomic mass is 9.93. The van der Waals surface area contributed by atoms with Crippen molar-refractivity contribution < 1.29 is 14.7 Å². The van der Waals surface area contributed by atoms with E-state index in [1.54, 1.807) is 12.1 Å². The number of carboxylic acid groups (broad SMARTS) is 1. The van der Waals surface area contributed by atoms with Crippen molar-refractivity contribution in [1.29, 1.82) is 0 Å². The van der Waals surface area contributed by atoms with Gasteiger partial charge in [0.15, 0.2) is 6.04 Å². The van der Waals surface area contributed by atoms with Crippen LogP contribution in [0.25, 0.3) is 0 Å². The van der Waals surface area contributed by atoms with Crippen molar-refractivity contribution in [1.82, 2.24) is 10.2 Å². The number of carbonyl (C=O) groups is 2. The number of hydrogen-bond acceptors (Lipinski definition) is 2. The number of terminal acetylenes is 1. The second-order valence-electron chi connectivity index (χ2n) is 4.92. The molecule has 1 atom stereocenters. The van der Waals surface area contributed by atoms with Gasteiger partial charge in [0.2, 0.25) is 0 Å². The first-order valence-corrected chi connectivity index (χ1v) is 6.93. The summed E-state index contributed by atoms with van der Waals surface area (Å²) in [6, 6.07) is 6.08. The highest BCUT2D eigenvalue weighted by Crippen LogP contribution is 2.29. The maximum Gasteiger partial charge on any atom is 0.331 e. The number of unbranched alkanes of at least 4 members (excludes halogenated alkanes) is 1. The van der Waals surface area contributed by atoms with Crippen LogP contribution in [0.5, 0.6) is 0 Å². The van der Waals surface area contributed by atoms with Gasteiger partial charge in [0, 0.05) is 19.5 Å². The second-order valence-corrected chi connectivity index (χ2v) is 4.92. The summed E-state index contributed by atoms with van der Waals surface area (Å²) in [7, 11) is 0. The molecule has 5 nitrogen and oxygen atoms in total. The van der Waals surface area contributed by atoms with Crippen LogP contribution in [0, 0.1) is 12.3 Å². The molecule has 0 aliphatic carbocycles. The minimum absolute atomic E-state index is 0.353. The third kappa shape index (κ3) is 3.34. The molecule has 0 spiro atoms. The average Bonchev–Trinajstić information content (AvgIpc) is 2.50. The van der Waals surface area contributed by atoms with E-state index in [9.17, 15) is 14.7 Å². The number of carbonyl (C=O) groups excluding carboxylic acids is 1. The van der Waals surface area contributed by atoms with Gasteiger partial charge in [-0.15, -0.1) is 12.3 Å². The van der Waals surface area contributed by atoms with E-state index in [-0.39, 0.29) is 6.03 Å². The minimum Gasteiger partial charge on any atom is -0.479 e. The molecule has 0 radical (unpaired) electrons. The fourth-order valence-electron chi connectivity index (χ4n) is 2.54. The topological polar surface area (TPSA) is 69.6 Å². The lowest BCUT2D eigenvalue weighted by Crippen LogP contribution is -2.48. The molecule has 5 heteroatoms. The molecule has 110 valence electrons. The van der Waals surface area contributed by atoms with Crippen LogP contribution >= 0.6 is 0 Å². The number of fused-ring (bicyclic) bond motifs is 1. The Morgan fingerprint density at radius 1 is 1.43 bits per heavy atom. The van der Waals surface area contributed by atoms with Gasteiger partial charge in [-0.1, -0.05) is 24.3 Å². The number of nitrogens with zero attached hydrogens (tertiary/aromatic N) is 1. The molecule has 0 aromatic heterocycles. The normalized spacial score (nSPS) is 16.7. The first kappa shape index (κ1) is 14.9. The highest BCUT2D eigenvalue weighted by molar-refractivity contribution is 5.84. The maximum atomic E-state index is 12.2. The zero-order valence-electron chi connectivity index (χ0n) is 11.7. The Morgan fingerprint density at radius 3 is 2.90 bits per heavy atom. The van der Waals surface area contributed by atoms with Crippen LogP contribution in [0.15, 0.2) is 24.3 Å². The molecular formula is C16H18N2O3. The first-order valence-electron chi connectivity index (χ1n) is 6.93. The Balaban J connectivity index is 2.11. The van der Waals surface area contributed by atoms with Gasteiger partial charge in [0.05, 0.1) is 0 Å². The summed E-state index contributed by atoms with van der Waals surface area (Å²) < 4.78 is 0. The van der Waals surface area contributed by atoms with Crippen molar-refractivity contribution in [2.75, 3.05) is 13.1 Å². The molecule has 0 saturated heterocycles. The van der Waals surface area contributed by atoms with Gasteiger partial charge in [-0.05, 0) is 24.0 Å². The van der Waals surface area contributed by atoms with Crippen molar-refractivity contribution >= 4 is 12.0 Å². The van der Waals surface area contributed by atoms with E-state index in [1.807, 2.05) is 12.1 Å². The molecule has 21 heavy (non-hydrogen) atoms. The molecule has 0 fully saturated rings. The number of nitrogens with one attached hydrogen (secondary N) is 1. The quantitative estimate of drug-likeness (QED) is 0.655. The summed E-state index contributed by atoms with van der Waals surface area (Å²) in [4.78, 5) is 25.1. The molecule has 0 bridgehead atoms. The number of carboxylic acids is 1. The summed E-state index contributed by atoms with van der Waals surface area (Å²) in [6.07, 6.45) is 7.09. The first-order chi connectivity index (χ1) is 10.1. The van der Waals surface area contributed by atoms with Gasteiger partial charge in [-0.3, -0.25) is 0 Å². The van der Waals surface area contributed by atoms with E-state index in [2.05, 4.69) is 11.2 Å². The zero-order valence-corrected chi connectivity index (χ0v) is 11.7. The molecule has 1 unspecified atom stereocenters. The number of amides is 2. The van der Waals surface area contributed by atoms with E-state index < -0.39 is 12.0 Å². The summed E-state index contributed by atoms with van der Waals surface area (Å²) >= 11 is 0. The number of aliphatic carboxylic acids is 1. The van der Waals surface area contributed by atoms with Crippen molar-refractivity contribution in [2.45, 2.75) is 25.3 Å². The standard InChI is InChI=1S/C16H18N2O3/c1-2-3-6-10-17-16(21)18-11-9-12-7-4-5-8-13(12)14(18)15(19)20/h1,4-5,7-8,14H,3,6,9-11H2,(H,17,21)(H,19,20). The lowest BCUT2D eigenvalue weighted by Gasteiger charge is -2.34. The third-order valence-electron chi connectivity index (χ3n) is 3.55. The smallest absolute Gasteiger partial charge is 0.331 e. The largest absolute Gasteiger partial charge is 0.479 e. The highest BCUT2D eigenvalue weighted by Gasteiger charge is 2.35. The number of urea groups is 1. The number of hydrogen-bond donors (Lipinski definition) is 2. The molecule has 2 rings (SSSR count). The van der Waals surface area contributed by atoms with Crippen molar-refractivity contribution in [3.8, 4) is 12.3 Å². The Labute approximate surface area is 124 Å². The molecule has 1 aliphatic rings. The van der Waals surface area contributed by atoms with E-state index in [1.165, 1.54) is 4.90 Å². The van der Waals surface area contributed by atoms with Crippen LogP contribution in [0.4, 0.5) is 4.79 Å². The van der Waals surface area contributed by atoms with Crippen molar-refractivity contribution in [2.24, 2.45) is 0 Å². The monoisotopic (exact) mass is 286 g/mol. The van der Waals surface area contributed by atoms with Gasteiger partial charge < -0.3 is 15.3 Å². The van der Waals surface area contributed by atoms with Gasteiger partial charge in [0.1, 0.15) is 0 Å². The Bertz CT molecular complexity index is 577. The van der Waals surface area contributed by atoms with E-state index in [4.69, 9.17) is 6.42 Å². The lowest BCUT2D eigenvalue weighted by molar-refractivity contribution is -0.142. The van der Waals surface area contributed by atoms with Crippen LogP contribution in [0.2, 0.25) is 0 Å². The molecule has 1 aromatic rings. The van der Waals surface area contributed by atoms with Gasteiger partial charge >= 0.3 is 12.0 Å². The van der Waals surface area contributed by atoms with Crippen LogP contribution < -0.4 is 5.32 Å². The minimum atomic E-state index is -1.01. The molecule has 1 aromatic carbocycles. The predicted octanol–water partition coefficient (Wildman–Crippen LogP) is 1.79. The number of benzene rings is 1. The summed E-state index contributed by atoms with van der Waals surface area (Å²) in [5.41, 5.74) is 1.68. The van der Waals surface area contributed by atoms with Crippen LogP contribution in [0.1, 0.15) is 30.0 Å². The molecule has 0 saturated carbocycles. The van der Waals surface area contributed by atoms with Crippen LogP contribution in [-0.2, 0) is 11.2 Å². The fourth-order valence-corrected chi connectivity index (χ4v) is 2.54. The Hall–Kier alpha value is -2.48. The second kappa shape index (κ2) is 6.80. The van der Waals surface area contributed by atoms with Crippen LogP contribution in [0.3, 0.4) is 0 Å². The van der Waals surface area contributed by atoms with E-state index in [0.717, 1.165) is 5.56 Å². The predicted molar refractivity (Wildman–Crippen MR) is 78.7 cm³/mol. The summed E-state index contributed by atoms with van der Waals surface area (Å²) in [5, 5.41) is 12.2. The molecule has 2 N–H and O–H groups in total. The molecule has 1 aliphatic heterocycles. The number of rotatable bonds is 4. The average molecular weight is 286 g/mol. The van der Waals surface area contributed by atoms with E-state index in [0.29, 0.717) is 37.9 Å². The molecule has 2 amide bonds. The van der Waals surface area contributed by atoms with E-state index >= 15 is 0 Å². The summed E-state index contributed by atoms with van der Waals surface area (Å²) in [5.74, 6) is 1.49. The summed E-state index contributed by atoms with van der Waals surface area (Å²) in [6.45, 7) is 0.850. The molecule has 1 heterocycles. The van der Waals surface area contributed by atoms with Crippen LogP contribution in [-0.4, -0.2) is 35.1 Å². The fraction of sp³-hybridized carbons (Fsp3) is 0.375. The maximum absolute atomic E-state index is 12.2. The van der Waals surface area contributed by atoms with Crippen molar-refractivity contribution in [3.63, 3.8) is 0 Å². The van der Waals surface area contributed by atoms with Gasteiger partial charge in [-0.25, -0.2) is 9.59 Å². The SMILES string of the molecule is C#CCCCNC(=O)N1CCc2ccccc2C1C(=O)O. The van der Waals surface area contributed by atoms with Gasteiger partial charge in [-0.2, -0.15) is 0 Å².